The molecule has 108 valence electrons. The summed E-state index contributed by atoms with van der Waals surface area (Å²) in [5.74, 6) is 1.76. The number of hydrogen-bond acceptors (Lipinski definition) is 8. The molecule has 0 saturated carbocycles. The maximum absolute atomic E-state index is 4.37. The Balaban J connectivity index is 2.13. The first-order chi connectivity index (χ1) is 9.58. The fourth-order valence-electron chi connectivity index (χ4n) is 1.53. The van der Waals surface area contributed by atoms with E-state index in [4.69, 9.17) is 0 Å². The SMILES string of the molecule is CCNc1nc(NCc2cnc(C)s2)nc(N(C)C)n1. The molecule has 0 spiro atoms. The molecule has 0 aromatic carbocycles. The zero-order valence-electron chi connectivity index (χ0n) is 12.1. The van der Waals surface area contributed by atoms with Gasteiger partial charge in [0.1, 0.15) is 0 Å². The van der Waals surface area contributed by atoms with Gasteiger partial charge in [0.05, 0.1) is 11.6 Å². The predicted octanol–water partition coefficient (Wildman–Crippen LogP) is 1.75. The second-order valence-corrected chi connectivity index (χ2v) is 5.73. The Morgan fingerprint density at radius 1 is 1.15 bits per heavy atom. The van der Waals surface area contributed by atoms with Crippen molar-refractivity contribution in [3.8, 4) is 0 Å². The Morgan fingerprint density at radius 2 is 1.85 bits per heavy atom. The molecule has 0 radical (unpaired) electrons. The maximum atomic E-state index is 4.37. The minimum atomic E-state index is 0.561. The molecule has 20 heavy (non-hydrogen) atoms. The van der Waals surface area contributed by atoms with E-state index in [-0.39, 0.29) is 0 Å². The maximum Gasteiger partial charge on any atom is 0.231 e. The van der Waals surface area contributed by atoms with E-state index < -0.39 is 0 Å². The van der Waals surface area contributed by atoms with E-state index >= 15 is 0 Å². The Bertz CT molecular complexity index is 567. The molecule has 0 saturated heterocycles. The number of thiazole rings is 1. The Hall–Kier alpha value is -1.96. The summed E-state index contributed by atoms with van der Waals surface area (Å²) < 4.78 is 0. The van der Waals surface area contributed by atoms with Crippen LogP contribution in [0.15, 0.2) is 6.20 Å². The van der Waals surface area contributed by atoms with Crippen molar-refractivity contribution >= 4 is 29.2 Å². The van der Waals surface area contributed by atoms with Crippen molar-refractivity contribution in [2.24, 2.45) is 0 Å². The minimum absolute atomic E-state index is 0.561. The van der Waals surface area contributed by atoms with Crippen LogP contribution in [0, 0.1) is 6.92 Å². The van der Waals surface area contributed by atoms with Gasteiger partial charge in [-0.2, -0.15) is 15.0 Å². The fourth-order valence-corrected chi connectivity index (χ4v) is 2.27. The van der Waals surface area contributed by atoms with Gasteiger partial charge in [0, 0.05) is 31.7 Å². The monoisotopic (exact) mass is 293 g/mol. The topological polar surface area (TPSA) is 78.9 Å². The quantitative estimate of drug-likeness (QED) is 0.840. The second-order valence-electron chi connectivity index (χ2n) is 4.41. The molecule has 0 bridgehead atoms. The lowest BCUT2D eigenvalue weighted by molar-refractivity contribution is 0.938. The molecule has 0 aliphatic heterocycles. The Morgan fingerprint density at radius 3 is 2.40 bits per heavy atom. The van der Waals surface area contributed by atoms with E-state index in [0.29, 0.717) is 24.4 Å². The molecule has 7 nitrogen and oxygen atoms in total. The molecule has 0 fully saturated rings. The number of nitrogens with one attached hydrogen (secondary N) is 2. The van der Waals surface area contributed by atoms with Gasteiger partial charge in [-0.3, -0.25) is 0 Å². The van der Waals surface area contributed by atoms with E-state index in [2.05, 4.69) is 30.6 Å². The Labute approximate surface area is 122 Å². The van der Waals surface area contributed by atoms with Gasteiger partial charge in [-0.15, -0.1) is 11.3 Å². The van der Waals surface area contributed by atoms with Crippen LogP contribution < -0.4 is 15.5 Å². The lowest BCUT2D eigenvalue weighted by Crippen LogP contribution is -2.17. The molecule has 2 rings (SSSR count). The van der Waals surface area contributed by atoms with Crippen LogP contribution in [0.2, 0.25) is 0 Å². The first kappa shape index (κ1) is 14.4. The van der Waals surface area contributed by atoms with E-state index in [1.54, 1.807) is 11.3 Å². The zero-order valence-corrected chi connectivity index (χ0v) is 13.0. The molecule has 0 unspecified atom stereocenters. The molecule has 0 aliphatic carbocycles. The third-order valence-corrected chi connectivity index (χ3v) is 3.36. The molecule has 2 N–H and O–H groups in total. The van der Waals surface area contributed by atoms with Gasteiger partial charge in [-0.1, -0.05) is 0 Å². The second kappa shape index (κ2) is 6.47. The summed E-state index contributed by atoms with van der Waals surface area (Å²) >= 11 is 1.66. The molecule has 0 aliphatic rings. The van der Waals surface area contributed by atoms with E-state index in [9.17, 15) is 0 Å². The summed E-state index contributed by atoms with van der Waals surface area (Å²) in [5.41, 5.74) is 0. The highest BCUT2D eigenvalue weighted by Crippen LogP contribution is 2.15. The van der Waals surface area contributed by atoms with Crippen LogP contribution >= 0.6 is 11.3 Å². The zero-order chi connectivity index (χ0) is 14.5. The van der Waals surface area contributed by atoms with Crippen LogP contribution in [-0.2, 0) is 6.54 Å². The summed E-state index contributed by atoms with van der Waals surface area (Å²) in [4.78, 5) is 20.3. The van der Waals surface area contributed by atoms with Crippen molar-refractivity contribution in [1.29, 1.82) is 0 Å². The van der Waals surface area contributed by atoms with Gasteiger partial charge < -0.3 is 15.5 Å². The minimum Gasteiger partial charge on any atom is -0.354 e. The van der Waals surface area contributed by atoms with Crippen molar-refractivity contribution < 1.29 is 0 Å². The molecule has 2 heterocycles. The number of aryl methyl sites for hydroxylation is 1. The van der Waals surface area contributed by atoms with Crippen molar-refractivity contribution in [2.45, 2.75) is 20.4 Å². The number of hydrogen-bond donors (Lipinski definition) is 2. The lowest BCUT2D eigenvalue weighted by atomic mass is 10.5. The molecule has 0 amide bonds. The summed E-state index contributed by atoms with van der Waals surface area (Å²) in [6.45, 7) is 5.43. The predicted molar refractivity (Wildman–Crippen MR) is 82.5 cm³/mol. The molecule has 2 aromatic heterocycles. The van der Waals surface area contributed by atoms with Crippen LogP contribution in [0.25, 0.3) is 0 Å². The summed E-state index contributed by atoms with van der Waals surface area (Å²) in [6.07, 6.45) is 1.87. The van der Waals surface area contributed by atoms with Crippen LogP contribution in [-0.4, -0.2) is 40.6 Å². The fraction of sp³-hybridized carbons (Fsp3) is 0.500. The first-order valence-corrected chi connectivity index (χ1v) is 7.22. The number of aromatic nitrogens is 4. The molecule has 8 heteroatoms. The smallest absolute Gasteiger partial charge is 0.231 e. The lowest BCUT2D eigenvalue weighted by Gasteiger charge is -2.13. The summed E-state index contributed by atoms with van der Waals surface area (Å²) in [6, 6.07) is 0. The largest absolute Gasteiger partial charge is 0.354 e. The van der Waals surface area contributed by atoms with Gasteiger partial charge in [-0.25, -0.2) is 4.98 Å². The highest BCUT2D eigenvalue weighted by atomic mass is 32.1. The molecule has 0 atom stereocenters. The summed E-state index contributed by atoms with van der Waals surface area (Å²) in [5, 5.41) is 7.37. The number of anilines is 3. The van der Waals surface area contributed by atoms with Crippen molar-refractivity contribution in [3.63, 3.8) is 0 Å². The Kier molecular flexibility index (Phi) is 4.67. The highest BCUT2D eigenvalue weighted by molar-refractivity contribution is 7.11. The average molecular weight is 293 g/mol. The van der Waals surface area contributed by atoms with Crippen LogP contribution in [0.4, 0.5) is 17.8 Å². The summed E-state index contributed by atoms with van der Waals surface area (Å²) in [7, 11) is 3.81. The highest BCUT2D eigenvalue weighted by Gasteiger charge is 2.08. The van der Waals surface area contributed by atoms with Gasteiger partial charge in [0.15, 0.2) is 0 Å². The van der Waals surface area contributed by atoms with Gasteiger partial charge in [0.2, 0.25) is 17.8 Å². The normalized spacial score (nSPS) is 10.4. The third-order valence-electron chi connectivity index (χ3n) is 2.45. The molecular weight excluding hydrogens is 274 g/mol. The molecular formula is C12H19N7S. The third kappa shape index (κ3) is 3.77. The van der Waals surface area contributed by atoms with E-state index in [1.165, 1.54) is 0 Å². The first-order valence-electron chi connectivity index (χ1n) is 6.41. The van der Waals surface area contributed by atoms with Crippen molar-refractivity contribution in [3.05, 3.63) is 16.1 Å². The van der Waals surface area contributed by atoms with Gasteiger partial charge in [0.25, 0.3) is 0 Å². The van der Waals surface area contributed by atoms with Crippen LogP contribution in [0.5, 0.6) is 0 Å². The van der Waals surface area contributed by atoms with Gasteiger partial charge >= 0.3 is 0 Å². The average Bonchev–Trinajstić information content (AvgIpc) is 2.82. The van der Waals surface area contributed by atoms with E-state index in [1.807, 2.05) is 39.0 Å². The number of rotatable bonds is 6. The van der Waals surface area contributed by atoms with Crippen LogP contribution in [0.3, 0.4) is 0 Å². The standard InChI is InChI=1S/C12H19N7S/c1-5-13-10-16-11(18-12(17-10)19(3)4)15-7-9-6-14-8(2)20-9/h6H,5,7H2,1-4H3,(H2,13,15,16,17,18). The van der Waals surface area contributed by atoms with Gasteiger partial charge in [-0.05, 0) is 13.8 Å². The van der Waals surface area contributed by atoms with E-state index in [0.717, 1.165) is 16.4 Å². The molecule has 2 aromatic rings. The van der Waals surface area contributed by atoms with Crippen LogP contribution in [0.1, 0.15) is 16.8 Å². The number of nitrogens with zero attached hydrogens (tertiary/aromatic N) is 5. The van der Waals surface area contributed by atoms with Crippen molar-refractivity contribution in [2.75, 3.05) is 36.2 Å². The van der Waals surface area contributed by atoms with Crippen molar-refractivity contribution in [1.82, 2.24) is 19.9 Å².